The van der Waals surface area contributed by atoms with Crippen LogP contribution in [0.3, 0.4) is 0 Å². The molecular weight excluding hydrogens is 210 g/mol. The fourth-order valence-electron chi connectivity index (χ4n) is 1.29. The lowest BCUT2D eigenvalue weighted by atomic mass is 10.2. The summed E-state index contributed by atoms with van der Waals surface area (Å²) in [6.45, 7) is 2.27. The van der Waals surface area contributed by atoms with Gasteiger partial charge in [0.25, 0.3) is 0 Å². The SMILES string of the molecule is COCC(C)Oc1ccc(N)c(C(=O)O)c1. The smallest absolute Gasteiger partial charge is 0.337 e. The van der Waals surface area contributed by atoms with Gasteiger partial charge in [-0.05, 0) is 25.1 Å². The van der Waals surface area contributed by atoms with E-state index in [4.69, 9.17) is 20.3 Å². The maximum atomic E-state index is 10.8. The topological polar surface area (TPSA) is 81.8 Å². The van der Waals surface area contributed by atoms with Crippen LogP contribution in [0, 0.1) is 0 Å². The number of aromatic carboxylic acids is 1. The number of rotatable bonds is 5. The Balaban J connectivity index is 2.82. The third-order valence-corrected chi connectivity index (χ3v) is 1.99. The Labute approximate surface area is 93.8 Å². The van der Waals surface area contributed by atoms with Gasteiger partial charge >= 0.3 is 5.97 Å². The summed E-state index contributed by atoms with van der Waals surface area (Å²) in [4.78, 5) is 10.8. The van der Waals surface area contributed by atoms with Crippen molar-refractivity contribution in [2.24, 2.45) is 0 Å². The molecule has 0 amide bonds. The monoisotopic (exact) mass is 225 g/mol. The number of nitrogen functional groups attached to an aromatic ring is 1. The van der Waals surface area contributed by atoms with E-state index in [0.29, 0.717) is 12.4 Å². The molecule has 0 aliphatic rings. The van der Waals surface area contributed by atoms with Crippen molar-refractivity contribution in [1.29, 1.82) is 0 Å². The maximum absolute atomic E-state index is 10.8. The minimum absolute atomic E-state index is 0.0436. The third-order valence-electron chi connectivity index (χ3n) is 1.99. The zero-order valence-electron chi connectivity index (χ0n) is 9.27. The quantitative estimate of drug-likeness (QED) is 0.740. The van der Waals surface area contributed by atoms with Crippen molar-refractivity contribution in [3.05, 3.63) is 23.8 Å². The summed E-state index contributed by atoms with van der Waals surface area (Å²) in [5.74, 6) is -0.599. The van der Waals surface area contributed by atoms with E-state index in [1.807, 2.05) is 6.92 Å². The van der Waals surface area contributed by atoms with Gasteiger partial charge in [-0.25, -0.2) is 4.79 Å². The van der Waals surface area contributed by atoms with Crippen LogP contribution in [0.25, 0.3) is 0 Å². The zero-order valence-corrected chi connectivity index (χ0v) is 9.27. The Morgan fingerprint density at radius 2 is 2.25 bits per heavy atom. The van der Waals surface area contributed by atoms with Gasteiger partial charge in [-0.2, -0.15) is 0 Å². The van der Waals surface area contributed by atoms with Crippen molar-refractivity contribution in [3.8, 4) is 5.75 Å². The predicted octanol–water partition coefficient (Wildman–Crippen LogP) is 1.38. The Hall–Kier alpha value is -1.75. The lowest BCUT2D eigenvalue weighted by Gasteiger charge is -2.14. The Bertz CT molecular complexity index is 378. The molecule has 1 rings (SSSR count). The molecule has 0 radical (unpaired) electrons. The summed E-state index contributed by atoms with van der Waals surface area (Å²) < 4.78 is 10.4. The summed E-state index contributed by atoms with van der Waals surface area (Å²) in [5, 5.41) is 8.87. The van der Waals surface area contributed by atoms with Gasteiger partial charge in [-0.15, -0.1) is 0 Å². The van der Waals surface area contributed by atoms with Gasteiger partial charge < -0.3 is 20.3 Å². The van der Waals surface area contributed by atoms with E-state index in [2.05, 4.69) is 0 Å². The first-order chi connectivity index (χ1) is 7.54. The van der Waals surface area contributed by atoms with Gasteiger partial charge in [0.15, 0.2) is 0 Å². The summed E-state index contributed by atoms with van der Waals surface area (Å²) >= 11 is 0. The van der Waals surface area contributed by atoms with Crippen LogP contribution in [-0.4, -0.2) is 30.9 Å². The predicted molar refractivity (Wildman–Crippen MR) is 59.8 cm³/mol. The van der Waals surface area contributed by atoms with Crippen molar-refractivity contribution in [3.63, 3.8) is 0 Å². The van der Waals surface area contributed by atoms with Crippen molar-refractivity contribution >= 4 is 11.7 Å². The number of methoxy groups -OCH3 is 1. The van der Waals surface area contributed by atoms with Crippen LogP contribution in [0.2, 0.25) is 0 Å². The second-order valence-electron chi connectivity index (χ2n) is 3.44. The molecule has 0 spiro atoms. The number of benzene rings is 1. The number of ether oxygens (including phenoxy) is 2. The number of carboxylic acid groups (broad SMARTS) is 1. The molecule has 88 valence electrons. The van der Waals surface area contributed by atoms with Crippen LogP contribution in [0.15, 0.2) is 18.2 Å². The minimum atomic E-state index is -1.07. The van der Waals surface area contributed by atoms with Gasteiger partial charge in [-0.3, -0.25) is 0 Å². The number of hydrogen-bond donors (Lipinski definition) is 2. The largest absolute Gasteiger partial charge is 0.488 e. The molecule has 0 aliphatic carbocycles. The summed E-state index contributed by atoms with van der Waals surface area (Å²) in [6.07, 6.45) is -0.143. The molecule has 0 heterocycles. The molecule has 0 fully saturated rings. The van der Waals surface area contributed by atoms with Gasteiger partial charge in [0.05, 0.1) is 12.2 Å². The highest BCUT2D eigenvalue weighted by Crippen LogP contribution is 2.20. The Morgan fingerprint density at radius 1 is 1.56 bits per heavy atom. The summed E-state index contributed by atoms with van der Waals surface area (Å²) in [7, 11) is 1.57. The highest BCUT2D eigenvalue weighted by Gasteiger charge is 2.10. The van der Waals surface area contributed by atoms with Gasteiger partial charge in [0, 0.05) is 12.8 Å². The number of hydrogen-bond acceptors (Lipinski definition) is 4. The van der Waals surface area contributed by atoms with E-state index in [-0.39, 0.29) is 17.4 Å². The van der Waals surface area contributed by atoms with Gasteiger partial charge in [-0.1, -0.05) is 0 Å². The average Bonchev–Trinajstić information content (AvgIpc) is 2.21. The number of carbonyl (C=O) groups is 1. The molecule has 0 aromatic heterocycles. The van der Waals surface area contributed by atoms with Gasteiger partial charge in [0.1, 0.15) is 11.9 Å². The molecule has 3 N–H and O–H groups in total. The number of anilines is 1. The van der Waals surface area contributed by atoms with Crippen LogP contribution >= 0.6 is 0 Å². The lowest BCUT2D eigenvalue weighted by Crippen LogP contribution is -2.18. The molecule has 1 atom stereocenters. The van der Waals surface area contributed by atoms with Gasteiger partial charge in [0.2, 0.25) is 0 Å². The van der Waals surface area contributed by atoms with E-state index in [1.165, 1.54) is 12.1 Å². The van der Waals surface area contributed by atoms with E-state index >= 15 is 0 Å². The molecule has 0 saturated heterocycles. The van der Waals surface area contributed by atoms with Crippen molar-refractivity contribution in [2.45, 2.75) is 13.0 Å². The first-order valence-electron chi connectivity index (χ1n) is 4.83. The van der Waals surface area contributed by atoms with E-state index in [9.17, 15) is 4.79 Å². The van der Waals surface area contributed by atoms with E-state index < -0.39 is 5.97 Å². The summed E-state index contributed by atoms with van der Waals surface area (Å²) in [6, 6.07) is 4.55. The number of nitrogens with two attached hydrogens (primary N) is 1. The molecule has 1 aromatic rings. The minimum Gasteiger partial charge on any atom is -0.488 e. The van der Waals surface area contributed by atoms with E-state index in [0.717, 1.165) is 0 Å². The first kappa shape index (κ1) is 12.3. The van der Waals surface area contributed by atoms with Crippen LogP contribution in [0.5, 0.6) is 5.75 Å². The highest BCUT2D eigenvalue weighted by molar-refractivity contribution is 5.94. The maximum Gasteiger partial charge on any atom is 0.337 e. The molecule has 1 unspecified atom stereocenters. The van der Waals surface area contributed by atoms with Crippen LogP contribution in [0.4, 0.5) is 5.69 Å². The molecule has 5 heteroatoms. The van der Waals surface area contributed by atoms with Crippen LogP contribution in [0.1, 0.15) is 17.3 Å². The first-order valence-corrected chi connectivity index (χ1v) is 4.83. The molecule has 1 aromatic carbocycles. The van der Waals surface area contributed by atoms with E-state index in [1.54, 1.807) is 13.2 Å². The molecular formula is C11H15NO4. The second-order valence-corrected chi connectivity index (χ2v) is 3.44. The standard InChI is InChI=1S/C11H15NO4/c1-7(6-15-2)16-8-3-4-10(12)9(5-8)11(13)14/h3-5,7H,6,12H2,1-2H3,(H,13,14). The van der Waals surface area contributed by atoms with Crippen molar-refractivity contribution in [1.82, 2.24) is 0 Å². The van der Waals surface area contributed by atoms with Crippen LogP contribution in [-0.2, 0) is 4.74 Å². The molecule has 0 saturated carbocycles. The molecule has 0 aliphatic heterocycles. The lowest BCUT2D eigenvalue weighted by molar-refractivity contribution is 0.0695. The molecule has 5 nitrogen and oxygen atoms in total. The Morgan fingerprint density at radius 3 is 2.81 bits per heavy atom. The van der Waals surface area contributed by atoms with Crippen molar-refractivity contribution < 1.29 is 19.4 Å². The molecule has 16 heavy (non-hydrogen) atoms. The van der Waals surface area contributed by atoms with Crippen LogP contribution < -0.4 is 10.5 Å². The fraction of sp³-hybridized carbons (Fsp3) is 0.364. The third kappa shape index (κ3) is 3.13. The normalized spacial score (nSPS) is 12.1. The summed E-state index contributed by atoms with van der Waals surface area (Å²) in [5.41, 5.74) is 5.78. The average molecular weight is 225 g/mol. The number of carboxylic acids is 1. The van der Waals surface area contributed by atoms with Crippen molar-refractivity contribution in [2.75, 3.05) is 19.5 Å². The zero-order chi connectivity index (χ0) is 12.1. The second kappa shape index (κ2) is 5.37. The highest BCUT2D eigenvalue weighted by atomic mass is 16.5. The molecule has 0 bridgehead atoms. The fourth-order valence-corrected chi connectivity index (χ4v) is 1.29. The Kier molecular flexibility index (Phi) is 4.13.